The van der Waals surface area contributed by atoms with Gasteiger partial charge in [0.05, 0.1) is 6.61 Å². The van der Waals surface area contributed by atoms with Gasteiger partial charge >= 0.3 is 0 Å². The summed E-state index contributed by atoms with van der Waals surface area (Å²) in [5, 5.41) is 3.47. The van der Waals surface area contributed by atoms with Gasteiger partial charge in [0.25, 0.3) is 0 Å². The summed E-state index contributed by atoms with van der Waals surface area (Å²) in [6, 6.07) is 5.13. The topological polar surface area (TPSA) is 21.3 Å². The maximum atomic E-state index is 13.8. The summed E-state index contributed by atoms with van der Waals surface area (Å²) in [4.78, 5) is 0. The van der Waals surface area contributed by atoms with E-state index >= 15 is 0 Å². The average Bonchev–Trinajstić information content (AvgIpc) is 2.75. The highest BCUT2D eigenvalue weighted by Crippen LogP contribution is 2.33. The van der Waals surface area contributed by atoms with E-state index in [-0.39, 0.29) is 11.4 Å². The average molecular weight is 263 g/mol. The van der Waals surface area contributed by atoms with Crippen molar-refractivity contribution in [1.82, 2.24) is 5.32 Å². The second-order valence-electron chi connectivity index (χ2n) is 6.15. The zero-order chi connectivity index (χ0) is 13.3. The molecule has 19 heavy (non-hydrogen) atoms. The second kappa shape index (κ2) is 5.12. The molecule has 1 atom stereocenters. The molecule has 1 aromatic carbocycles. The van der Waals surface area contributed by atoms with Crippen molar-refractivity contribution in [3.05, 3.63) is 29.6 Å². The molecule has 3 heteroatoms. The van der Waals surface area contributed by atoms with Crippen molar-refractivity contribution in [2.45, 2.75) is 44.6 Å². The van der Waals surface area contributed by atoms with Crippen LogP contribution in [0.5, 0.6) is 5.75 Å². The molecule has 0 radical (unpaired) electrons. The lowest BCUT2D eigenvalue weighted by Gasteiger charge is -2.27. The van der Waals surface area contributed by atoms with Crippen LogP contribution in [-0.4, -0.2) is 13.2 Å². The number of benzene rings is 1. The van der Waals surface area contributed by atoms with Gasteiger partial charge in [0.15, 0.2) is 0 Å². The lowest BCUT2D eigenvalue weighted by atomic mass is 9.86. The lowest BCUT2D eigenvalue weighted by Crippen LogP contribution is -2.33. The molecule has 1 unspecified atom stereocenters. The first kappa shape index (κ1) is 12.9. The predicted molar refractivity (Wildman–Crippen MR) is 73.8 cm³/mol. The fourth-order valence-electron chi connectivity index (χ4n) is 2.98. The highest BCUT2D eigenvalue weighted by Gasteiger charge is 2.30. The first-order valence-corrected chi connectivity index (χ1v) is 7.35. The van der Waals surface area contributed by atoms with Gasteiger partial charge in [-0.25, -0.2) is 4.39 Å². The number of hydrogen-bond acceptors (Lipinski definition) is 2. The fraction of sp³-hybridized carbons (Fsp3) is 0.625. The van der Waals surface area contributed by atoms with E-state index in [2.05, 4.69) is 12.2 Å². The van der Waals surface area contributed by atoms with E-state index in [1.54, 1.807) is 6.07 Å². The van der Waals surface area contributed by atoms with E-state index in [1.165, 1.54) is 25.3 Å². The molecule has 0 amide bonds. The van der Waals surface area contributed by atoms with Gasteiger partial charge in [-0.1, -0.05) is 6.42 Å². The summed E-state index contributed by atoms with van der Waals surface area (Å²) < 4.78 is 19.5. The van der Waals surface area contributed by atoms with Crippen LogP contribution < -0.4 is 10.1 Å². The molecule has 1 saturated carbocycles. The molecule has 0 spiro atoms. The Labute approximate surface area is 114 Å². The summed E-state index contributed by atoms with van der Waals surface area (Å²) in [6.45, 7) is 3.88. The molecule has 2 fully saturated rings. The first-order valence-electron chi connectivity index (χ1n) is 7.35. The molecule has 1 aliphatic heterocycles. The smallest absolute Gasteiger partial charge is 0.127 e. The summed E-state index contributed by atoms with van der Waals surface area (Å²) in [5.74, 6) is 1.15. The Morgan fingerprint density at radius 3 is 2.79 bits per heavy atom. The molecule has 1 heterocycles. The van der Waals surface area contributed by atoms with Crippen LogP contribution in [0.1, 0.15) is 44.6 Å². The molecule has 1 saturated heterocycles. The van der Waals surface area contributed by atoms with Crippen LogP contribution in [0.15, 0.2) is 18.2 Å². The third-order valence-electron chi connectivity index (χ3n) is 4.59. The zero-order valence-electron chi connectivity index (χ0n) is 11.5. The summed E-state index contributed by atoms with van der Waals surface area (Å²) in [6.07, 6.45) is 6.01. The number of rotatable bonds is 4. The maximum Gasteiger partial charge on any atom is 0.127 e. The Morgan fingerprint density at radius 1 is 1.32 bits per heavy atom. The van der Waals surface area contributed by atoms with E-state index < -0.39 is 0 Å². The van der Waals surface area contributed by atoms with Crippen molar-refractivity contribution < 1.29 is 9.13 Å². The Bertz CT molecular complexity index is 450. The highest BCUT2D eigenvalue weighted by atomic mass is 19.1. The molecule has 0 aromatic heterocycles. The fourth-order valence-corrected chi connectivity index (χ4v) is 2.98. The van der Waals surface area contributed by atoms with E-state index in [1.807, 2.05) is 6.07 Å². The third-order valence-corrected chi connectivity index (χ3v) is 4.59. The van der Waals surface area contributed by atoms with Crippen molar-refractivity contribution in [3.63, 3.8) is 0 Å². The van der Waals surface area contributed by atoms with Crippen LogP contribution >= 0.6 is 0 Å². The van der Waals surface area contributed by atoms with Crippen molar-refractivity contribution >= 4 is 0 Å². The second-order valence-corrected chi connectivity index (χ2v) is 6.15. The number of halogens is 1. The van der Waals surface area contributed by atoms with Gasteiger partial charge in [0, 0.05) is 11.6 Å². The minimum absolute atomic E-state index is 0.101. The number of ether oxygens (including phenoxy) is 1. The van der Waals surface area contributed by atoms with Crippen LogP contribution in [-0.2, 0) is 5.54 Å². The summed E-state index contributed by atoms with van der Waals surface area (Å²) in [5.41, 5.74) is 0.907. The van der Waals surface area contributed by atoms with Crippen molar-refractivity contribution in [3.8, 4) is 5.75 Å². The van der Waals surface area contributed by atoms with Crippen molar-refractivity contribution in [1.29, 1.82) is 0 Å². The Kier molecular flexibility index (Phi) is 3.48. The molecule has 3 rings (SSSR count). The number of hydrogen-bond donors (Lipinski definition) is 1. The van der Waals surface area contributed by atoms with Gasteiger partial charge in [-0.3, -0.25) is 0 Å². The molecular formula is C16H22FNO. The van der Waals surface area contributed by atoms with Gasteiger partial charge in [-0.05, 0) is 62.8 Å². The minimum atomic E-state index is -0.198. The van der Waals surface area contributed by atoms with Crippen LogP contribution in [0.4, 0.5) is 4.39 Å². The van der Waals surface area contributed by atoms with E-state index in [9.17, 15) is 4.39 Å². The first-order chi connectivity index (χ1) is 9.16. The van der Waals surface area contributed by atoms with E-state index in [0.29, 0.717) is 11.7 Å². The van der Waals surface area contributed by atoms with E-state index in [0.717, 1.165) is 31.6 Å². The monoisotopic (exact) mass is 263 g/mol. The summed E-state index contributed by atoms with van der Waals surface area (Å²) >= 11 is 0. The SMILES string of the molecule is CC1(c2cc(F)cc(OCC3CCC3)c2)CCCN1. The largest absolute Gasteiger partial charge is 0.493 e. The molecule has 1 aliphatic carbocycles. The van der Waals surface area contributed by atoms with Crippen LogP contribution in [0.2, 0.25) is 0 Å². The summed E-state index contributed by atoms with van der Waals surface area (Å²) in [7, 11) is 0. The molecule has 2 aliphatic rings. The van der Waals surface area contributed by atoms with Crippen molar-refractivity contribution in [2.24, 2.45) is 5.92 Å². The zero-order valence-corrected chi connectivity index (χ0v) is 11.5. The van der Waals surface area contributed by atoms with Gasteiger partial charge in [-0.2, -0.15) is 0 Å². The standard InChI is InChI=1S/C16H22FNO/c1-16(6-3-7-18-16)13-8-14(17)10-15(9-13)19-11-12-4-2-5-12/h8-10,12,18H,2-7,11H2,1H3. The van der Waals surface area contributed by atoms with E-state index in [4.69, 9.17) is 4.74 Å². The van der Waals surface area contributed by atoms with Gasteiger partial charge < -0.3 is 10.1 Å². The van der Waals surface area contributed by atoms with Crippen molar-refractivity contribution in [2.75, 3.05) is 13.2 Å². The molecule has 2 nitrogen and oxygen atoms in total. The number of nitrogens with one attached hydrogen (secondary N) is 1. The Balaban J connectivity index is 1.75. The van der Waals surface area contributed by atoms with Gasteiger partial charge in [-0.15, -0.1) is 0 Å². The maximum absolute atomic E-state index is 13.8. The highest BCUT2D eigenvalue weighted by molar-refractivity contribution is 5.34. The van der Waals surface area contributed by atoms with Crippen LogP contribution in [0, 0.1) is 11.7 Å². The minimum Gasteiger partial charge on any atom is -0.493 e. The normalized spacial score (nSPS) is 27.3. The van der Waals surface area contributed by atoms with Gasteiger partial charge in [0.1, 0.15) is 11.6 Å². The molecule has 1 N–H and O–H groups in total. The van der Waals surface area contributed by atoms with Gasteiger partial charge in [0.2, 0.25) is 0 Å². The molecule has 104 valence electrons. The quantitative estimate of drug-likeness (QED) is 0.896. The Morgan fingerprint density at radius 2 is 2.16 bits per heavy atom. The molecular weight excluding hydrogens is 241 g/mol. The third kappa shape index (κ3) is 2.76. The molecule has 1 aromatic rings. The predicted octanol–water partition coefficient (Wildman–Crippen LogP) is 3.60. The lowest BCUT2D eigenvalue weighted by molar-refractivity contribution is 0.180. The Hall–Kier alpha value is -1.09. The van der Waals surface area contributed by atoms with Crippen LogP contribution in [0.25, 0.3) is 0 Å². The van der Waals surface area contributed by atoms with Crippen LogP contribution in [0.3, 0.4) is 0 Å². The molecule has 0 bridgehead atoms.